The van der Waals surface area contributed by atoms with Crippen molar-refractivity contribution in [3.8, 4) is 5.75 Å². The molecule has 3 aromatic carbocycles. The van der Waals surface area contributed by atoms with E-state index in [1.807, 2.05) is 48.5 Å². The van der Waals surface area contributed by atoms with Crippen molar-refractivity contribution in [1.82, 2.24) is 5.32 Å². The van der Waals surface area contributed by atoms with Gasteiger partial charge in [0, 0.05) is 17.1 Å². The van der Waals surface area contributed by atoms with Gasteiger partial charge >= 0.3 is 0 Å². The van der Waals surface area contributed by atoms with Gasteiger partial charge in [-0.2, -0.15) is 0 Å². The Hall–Kier alpha value is -2.36. The molecule has 0 aliphatic rings. The normalized spacial score (nSPS) is 10.4. The average Bonchev–Trinajstić information content (AvgIpc) is 2.72. The van der Waals surface area contributed by atoms with Crippen molar-refractivity contribution >= 4 is 28.8 Å². The maximum absolute atomic E-state index is 5.90. The Balaban J connectivity index is 1.51. The van der Waals surface area contributed by atoms with Gasteiger partial charge in [0.05, 0.1) is 0 Å². The maximum atomic E-state index is 5.90. The summed E-state index contributed by atoms with van der Waals surface area (Å²) in [6.07, 6.45) is 1.05. The summed E-state index contributed by atoms with van der Waals surface area (Å²) in [4.78, 5) is 0.735. The molecule has 0 heterocycles. The van der Waals surface area contributed by atoms with Crippen molar-refractivity contribution in [2.45, 2.75) is 26.5 Å². The summed E-state index contributed by atoms with van der Waals surface area (Å²) in [5.41, 5.74) is 4.62. The summed E-state index contributed by atoms with van der Waals surface area (Å²) < 4.78 is 5.81. The number of hydrogen-bond donors (Lipinski definition) is 1. The lowest BCUT2D eigenvalue weighted by atomic mass is 10.1. The van der Waals surface area contributed by atoms with E-state index in [2.05, 4.69) is 36.5 Å². The van der Waals surface area contributed by atoms with E-state index < -0.39 is 0 Å². The molecule has 0 spiro atoms. The van der Waals surface area contributed by atoms with Crippen LogP contribution in [0.25, 0.3) is 0 Å². The highest BCUT2D eigenvalue weighted by atomic mass is 35.5. The minimum Gasteiger partial charge on any atom is -0.489 e. The third-order valence-electron chi connectivity index (χ3n) is 4.32. The molecule has 0 saturated heterocycles. The molecule has 0 amide bonds. The van der Waals surface area contributed by atoms with Gasteiger partial charge in [-0.3, -0.25) is 0 Å². The van der Waals surface area contributed by atoms with Gasteiger partial charge in [-0.15, -0.1) is 0 Å². The monoisotopic (exact) mass is 395 g/mol. The Morgan fingerprint density at radius 3 is 2.07 bits per heavy atom. The van der Waals surface area contributed by atoms with E-state index >= 15 is 0 Å². The highest BCUT2D eigenvalue weighted by Crippen LogP contribution is 2.16. The van der Waals surface area contributed by atoms with Crippen molar-refractivity contribution in [3.05, 3.63) is 100 Å². The van der Waals surface area contributed by atoms with Crippen molar-refractivity contribution in [3.63, 3.8) is 0 Å². The van der Waals surface area contributed by atoms with Crippen LogP contribution in [0.5, 0.6) is 5.75 Å². The van der Waals surface area contributed by atoms with Crippen molar-refractivity contribution < 1.29 is 4.74 Å². The van der Waals surface area contributed by atoms with Gasteiger partial charge in [0.25, 0.3) is 0 Å². The van der Waals surface area contributed by atoms with Gasteiger partial charge in [0.2, 0.25) is 0 Å². The molecule has 3 aromatic rings. The molecule has 138 valence electrons. The van der Waals surface area contributed by atoms with Gasteiger partial charge in [-0.1, -0.05) is 67.1 Å². The molecule has 0 saturated carbocycles. The first-order valence-corrected chi connectivity index (χ1v) is 9.76. The van der Waals surface area contributed by atoms with E-state index in [0.717, 1.165) is 39.9 Å². The average molecular weight is 396 g/mol. The molecular formula is C23H22ClNOS. The van der Waals surface area contributed by atoms with Crippen molar-refractivity contribution in [1.29, 1.82) is 0 Å². The summed E-state index contributed by atoms with van der Waals surface area (Å²) in [6, 6.07) is 24.1. The molecule has 0 fully saturated rings. The third kappa shape index (κ3) is 5.81. The molecule has 0 atom stereocenters. The fourth-order valence-corrected chi connectivity index (χ4v) is 2.96. The lowest BCUT2D eigenvalue weighted by molar-refractivity contribution is 0.306. The van der Waals surface area contributed by atoms with E-state index in [-0.39, 0.29) is 0 Å². The molecule has 2 nitrogen and oxygen atoms in total. The predicted molar refractivity (Wildman–Crippen MR) is 117 cm³/mol. The zero-order valence-corrected chi connectivity index (χ0v) is 16.8. The number of ether oxygens (including phenoxy) is 1. The van der Waals surface area contributed by atoms with Crippen LogP contribution >= 0.6 is 23.8 Å². The Kier molecular flexibility index (Phi) is 6.86. The molecule has 3 rings (SSSR count). The van der Waals surface area contributed by atoms with Gasteiger partial charge in [0.1, 0.15) is 17.3 Å². The van der Waals surface area contributed by atoms with Crippen LogP contribution in [0.15, 0.2) is 72.8 Å². The second-order valence-corrected chi connectivity index (χ2v) is 7.14. The minimum atomic E-state index is 0.507. The molecular weight excluding hydrogens is 374 g/mol. The van der Waals surface area contributed by atoms with Crippen LogP contribution < -0.4 is 10.1 Å². The first-order valence-electron chi connectivity index (χ1n) is 8.97. The summed E-state index contributed by atoms with van der Waals surface area (Å²) in [7, 11) is 0. The molecule has 0 bridgehead atoms. The zero-order chi connectivity index (χ0) is 19.1. The molecule has 0 aliphatic carbocycles. The Bertz CT molecular complexity index is 874. The van der Waals surface area contributed by atoms with Crippen LogP contribution in [0, 0.1) is 0 Å². The summed E-state index contributed by atoms with van der Waals surface area (Å²) >= 11 is 11.4. The van der Waals surface area contributed by atoms with Crippen LogP contribution in [0.2, 0.25) is 5.02 Å². The number of nitrogens with one attached hydrogen (secondary N) is 1. The molecule has 4 heteroatoms. The Morgan fingerprint density at radius 2 is 1.44 bits per heavy atom. The van der Waals surface area contributed by atoms with E-state index in [0.29, 0.717) is 6.61 Å². The summed E-state index contributed by atoms with van der Waals surface area (Å²) in [5.74, 6) is 0.812. The van der Waals surface area contributed by atoms with Gasteiger partial charge < -0.3 is 10.1 Å². The van der Waals surface area contributed by atoms with Crippen LogP contribution in [0.1, 0.15) is 29.2 Å². The lowest BCUT2D eigenvalue weighted by Gasteiger charge is -2.10. The van der Waals surface area contributed by atoms with E-state index in [1.165, 1.54) is 11.1 Å². The molecule has 0 aromatic heterocycles. The van der Waals surface area contributed by atoms with Crippen LogP contribution in [0.4, 0.5) is 0 Å². The third-order valence-corrected chi connectivity index (χ3v) is 4.95. The van der Waals surface area contributed by atoms with Gasteiger partial charge in [-0.05, 0) is 59.5 Å². The quantitative estimate of drug-likeness (QED) is 0.499. The number of hydrogen-bond acceptors (Lipinski definition) is 2. The Morgan fingerprint density at radius 1 is 0.852 bits per heavy atom. The molecule has 1 N–H and O–H groups in total. The fraction of sp³-hybridized carbons (Fsp3) is 0.174. The first-order chi connectivity index (χ1) is 13.1. The lowest BCUT2D eigenvalue weighted by Crippen LogP contribution is -2.21. The molecule has 27 heavy (non-hydrogen) atoms. The van der Waals surface area contributed by atoms with E-state index in [4.69, 9.17) is 28.6 Å². The fourth-order valence-electron chi connectivity index (χ4n) is 2.63. The van der Waals surface area contributed by atoms with Crippen LogP contribution in [0.3, 0.4) is 0 Å². The SMILES string of the molecule is CCc1ccc(CNC(=S)c2ccc(OCc3ccc(Cl)cc3)cc2)cc1. The van der Waals surface area contributed by atoms with E-state index in [9.17, 15) is 0 Å². The predicted octanol–water partition coefficient (Wildman–Crippen LogP) is 5.95. The van der Waals surface area contributed by atoms with Gasteiger partial charge in [-0.25, -0.2) is 0 Å². The number of aryl methyl sites for hydroxylation is 1. The number of rotatable bonds is 7. The van der Waals surface area contributed by atoms with Crippen LogP contribution in [-0.4, -0.2) is 4.99 Å². The topological polar surface area (TPSA) is 21.3 Å². The highest BCUT2D eigenvalue weighted by Gasteiger charge is 2.03. The summed E-state index contributed by atoms with van der Waals surface area (Å²) in [5, 5.41) is 4.04. The minimum absolute atomic E-state index is 0.507. The first kappa shape index (κ1) is 19.4. The maximum Gasteiger partial charge on any atom is 0.119 e. The Labute approximate surface area is 171 Å². The standard InChI is InChI=1S/C23H22ClNOS/c1-2-17-3-5-18(6-4-17)15-25-23(27)20-9-13-22(14-10-20)26-16-19-7-11-21(24)12-8-19/h3-14H,2,15-16H2,1H3,(H,25,27). The summed E-state index contributed by atoms with van der Waals surface area (Å²) in [6.45, 7) is 3.38. The van der Waals surface area contributed by atoms with Crippen molar-refractivity contribution in [2.24, 2.45) is 0 Å². The number of benzene rings is 3. The second kappa shape index (κ2) is 9.54. The van der Waals surface area contributed by atoms with Gasteiger partial charge in [0.15, 0.2) is 0 Å². The zero-order valence-electron chi connectivity index (χ0n) is 15.2. The molecule has 0 radical (unpaired) electrons. The number of thiocarbonyl (C=S) groups is 1. The number of halogens is 1. The van der Waals surface area contributed by atoms with E-state index in [1.54, 1.807) is 0 Å². The largest absolute Gasteiger partial charge is 0.489 e. The molecule has 0 unspecified atom stereocenters. The highest BCUT2D eigenvalue weighted by molar-refractivity contribution is 7.80. The second-order valence-electron chi connectivity index (χ2n) is 6.29. The smallest absolute Gasteiger partial charge is 0.119 e. The molecule has 0 aliphatic heterocycles. The van der Waals surface area contributed by atoms with Crippen molar-refractivity contribution in [2.75, 3.05) is 0 Å². The van der Waals surface area contributed by atoms with Crippen LogP contribution in [-0.2, 0) is 19.6 Å².